The number of aliphatic hydroxyl groups is 1. The van der Waals surface area contributed by atoms with E-state index in [1.54, 1.807) is 0 Å². The maximum Gasteiger partial charge on any atom is 0.255 e. The lowest BCUT2D eigenvalue weighted by molar-refractivity contribution is 0.0688. The lowest BCUT2D eigenvalue weighted by Crippen LogP contribution is -2.38. The van der Waals surface area contributed by atoms with E-state index < -0.39 is 0 Å². The fraction of sp³-hybridized carbons (Fsp3) is 0.500. The van der Waals surface area contributed by atoms with Gasteiger partial charge in [-0.3, -0.25) is 4.79 Å². The number of carbonyl (C=O) groups is 1. The van der Waals surface area contributed by atoms with Crippen LogP contribution >= 0.6 is 0 Å². The molecule has 1 aliphatic rings. The van der Waals surface area contributed by atoms with E-state index in [9.17, 15) is 4.79 Å². The van der Waals surface area contributed by atoms with Crippen LogP contribution in [0.1, 0.15) is 48.5 Å². The second kappa shape index (κ2) is 7.85. The van der Waals surface area contributed by atoms with Crippen LogP contribution in [0.2, 0.25) is 0 Å². The van der Waals surface area contributed by atoms with Gasteiger partial charge in [-0.05, 0) is 30.9 Å². The van der Waals surface area contributed by atoms with E-state index in [0.717, 1.165) is 37.4 Å². The minimum absolute atomic E-state index is 0.0493. The molecular formula is C18H23NO2. The number of carbonyl (C=O) groups excluding carboxylic acids is 1. The molecule has 1 saturated heterocycles. The maximum atomic E-state index is 12.7. The van der Waals surface area contributed by atoms with Crippen LogP contribution in [0, 0.1) is 17.8 Å². The molecule has 112 valence electrons. The molecule has 1 fully saturated rings. The van der Waals surface area contributed by atoms with Crippen molar-refractivity contribution in [3.63, 3.8) is 0 Å². The number of amides is 1. The summed E-state index contributed by atoms with van der Waals surface area (Å²) in [6.07, 6.45) is 3.83. The summed E-state index contributed by atoms with van der Waals surface area (Å²) in [4.78, 5) is 14.6. The SMILES string of the molecule is CCC1CCN(C(=O)c2ccccc2C#CCCO)CC1. The standard InChI is InChI=1S/C18H23NO2/c1-2-15-10-12-19(13-11-15)18(21)17-9-4-3-7-16(17)8-5-6-14-20/h3-4,7,9,15,20H,2,6,10-14H2,1H3. The lowest BCUT2D eigenvalue weighted by atomic mass is 9.94. The largest absolute Gasteiger partial charge is 0.395 e. The minimum Gasteiger partial charge on any atom is -0.395 e. The Hall–Kier alpha value is -1.79. The molecule has 0 atom stereocenters. The average molecular weight is 285 g/mol. The van der Waals surface area contributed by atoms with Crippen molar-refractivity contribution in [1.82, 2.24) is 4.90 Å². The first-order valence-corrected chi connectivity index (χ1v) is 7.74. The molecule has 0 bridgehead atoms. The van der Waals surface area contributed by atoms with Crippen LogP contribution in [-0.2, 0) is 0 Å². The average Bonchev–Trinajstić information content (AvgIpc) is 2.55. The first-order chi connectivity index (χ1) is 10.3. The highest BCUT2D eigenvalue weighted by Crippen LogP contribution is 2.22. The summed E-state index contributed by atoms with van der Waals surface area (Å²) in [5.74, 6) is 6.73. The highest BCUT2D eigenvalue weighted by atomic mass is 16.2. The molecule has 0 aliphatic carbocycles. The van der Waals surface area contributed by atoms with Crippen molar-refractivity contribution in [2.75, 3.05) is 19.7 Å². The monoisotopic (exact) mass is 285 g/mol. The van der Waals surface area contributed by atoms with Crippen molar-refractivity contribution in [3.05, 3.63) is 35.4 Å². The Morgan fingerprint density at radius 2 is 2.05 bits per heavy atom. The van der Waals surface area contributed by atoms with Crippen molar-refractivity contribution >= 4 is 5.91 Å². The van der Waals surface area contributed by atoms with Gasteiger partial charge in [-0.2, -0.15) is 0 Å². The third kappa shape index (κ3) is 4.09. The lowest BCUT2D eigenvalue weighted by Gasteiger charge is -2.31. The summed E-state index contributed by atoms with van der Waals surface area (Å²) in [5, 5.41) is 8.80. The van der Waals surface area contributed by atoms with Crippen LogP contribution in [0.15, 0.2) is 24.3 Å². The van der Waals surface area contributed by atoms with Gasteiger partial charge in [0.2, 0.25) is 0 Å². The second-order valence-electron chi connectivity index (χ2n) is 5.46. The summed E-state index contributed by atoms with van der Waals surface area (Å²) in [7, 11) is 0. The highest BCUT2D eigenvalue weighted by Gasteiger charge is 2.23. The van der Waals surface area contributed by atoms with E-state index >= 15 is 0 Å². The van der Waals surface area contributed by atoms with Crippen molar-refractivity contribution in [3.8, 4) is 11.8 Å². The summed E-state index contributed by atoms with van der Waals surface area (Å²) < 4.78 is 0. The van der Waals surface area contributed by atoms with E-state index in [0.29, 0.717) is 12.0 Å². The molecule has 0 aromatic heterocycles. The van der Waals surface area contributed by atoms with Crippen molar-refractivity contribution in [2.45, 2.75) is 32.6 Å². The molecule has 2 rings (SSSR count). The summed E-state index contributed by atoms with van der Waals surface area (Å²) in [6.45, 7) is 3.95. The quantitative estimate of drug-likeness (QED) is 0.867. The zero-order valence-corrected chi connectivity index (χ0v) is 12.6. The molecular weight excluding hydrogens is 262 g/mol. The number of aliphatic hydroxyl groups excluding tert-OH is 1. The number of hydrogen-bond acceptors (Lipinski definition) is 2. The minimum atomic E-state index is 0.0493. The van der Waals surface area contributed by atoms with E-state index in [-0.39, 0.29) is 12.5 Å². The third-order valence-corrected chi connectivity index (χ3v) is 4.10. The number of hydrogen-bond donors (Lipinski definition) is 1. The fourth-order valence-electron chi connectivity index (χ4n) is 2.71. The molecule has 3 heteroatoms. The molecule has 1 aromatic carbocycles. The predicted octanol–water partition coefficient (Wildman–Crippen LogP) is 2.68. The molecule has 1 N–H and O–H groups in total. The van der Waals surface area contributed by atoms with Gasteiger partial charge in [0.05, 0.1) is 12.2 Å². The number of likely N-dealkylation sites (tertiary alicyclic amines) is 1. The first kappa shape index (κ1) is 15.6. The third-order valence-electron chi connectivity index (χ3n) is 4.10. The van der Waals surface area contributed by atoms with E-state index in [2.05, 4.69) is 18.8 Å². The van der Waals surface area contributed by atoms with Crippen molar-refractivity contribution in [2.24, 2.45) is 5.92 Å². The highest BCUT2D eigenvalue weighted by molar-refractivity contribution is 5.96. The van der Waals surface area contributed by atoms with Gasteiger partial charge in [-0.15, -0.1) is 0 Å². The Labute approximate surface area is 127 Å². The predicted molar refractivity (Wildman–Crippen MR) is 83.9 cm³/mol. The molecule has 0 saturated carbocycles. The van der Waals surface area contributed by atoms with Gasteiger partial charge in [0.25, 0.3) is 5.91 Å². The topological polar surface area (TPSA) is 40.5 Å². The van der Waals surface area contributed by atoms with Gasteiger partial charge >= 0.3 is 0 Å². The Kier molecular flexibility index (Phi) is 5.83. The zero-order valence-electron chi connectivity index (χ0n) is 12.6. The normalized spacial score (nSPS) is 15.4. The zero-order chi connectivity index (χ0) is 15.1. The van der Waals surface area contributed by atoms with Gasteiger partial charge in [0.1, 0.15) is 0 Å². The number of rotatable bonds is 3. The van der Waals surface area contributed by atoms with Crippen LogP contribution in [-0.4, -0.2) is 35.6 Å². The van der Waals surface area contributed by atoms with Crippen LogP contribution in [0.5, 0.6) is 0 Å². The van der Waals surface area contributed by atoms with Gasteiger partial charge in [-0.25, -0.2) is 0 Å². The Morgan fingerprint density at radius 1 is 1.33 bits per heavy atom. The second-order valence-corrected chi connectivity index (χ2v) is 5.46. The van der Waals surface area contributed by atoms with Gasteiger partial charge in [0.15, 0.2) is 0 Å². The molecule has 1 aromatic rings. The molecule has 21 heavy (non-hydrogen) atoms. The van der Waals surface area contributed by atoms with Crippen LogP contribution in [0.3, 0.4) is 0 Å². The summed E-state index contributed by atoms with van der Waals surface area (Å²) in [6, 6.07) is 7.49. The number of nitrogens with zero attached hydrogens (tertiary/aromatic N) is 1. The van der Waals surface area contributed by atoms with Crippen molar-refractivity contribution < 1.29 is 9.90 Å². The molecule has 1 heterocycles. The summed E-state index contributed by atoms with van der Waals surface area (Å²) in [5.41, 5.74) is 1.44. The Balaban J connectivity index is 2.11. The van der Waals surface area contributed by atoms with Crippen LogP contribution in [0.25, 0.3) is 0 Å². The summed E-state index contributed by atoms with van der Waals surface area (Å²) >= 11 is 0. The van der Waals surface area contributed by atoms with Crippen molar-refractivity contribution in [1.29, 1.82) is 0 Å². The van der Waals surface area contributed by atoms with Gasteiger partial charge in [0, 0.05) is 25.1 Å². The Bertz CT molecular complexity index is 534. The van der Waals surface area contributed by atoms with E-state index in [1.165, 1.54) is 6.42 Å². The van der Waals surface area contributed by atoms with Crippen LogP contribution in [0.4, 0.5) is 0 Å². The molecule has 1 aliphatic heterocycles. The number of benzene rings is 1. The maximum absolute atomic E-state index is 12.7. The van der Waals surface area contributed by atoms with Gasteiger partial charge in [-0.1, -0.05) is 37.3 Å². The van der Waals surface area contributed by atoms with E-state index in [1.807, 2.05) is 29.2 Å². The molecule has 0 unspecified atom stereocenters. The molecule has 0 spiro atoms. The first-order valence-electron chi connectivity index (χ1n) is 7.74. The van der Waals surface area contributed by atoms with E-state index in [4.69, 9.17) is 5.11 Å². The smallest absolute Gasteiger partial charge is 0.255 e. The number of piperidine rings is 1. The molecule has 0 radical (unpaired) electrons. The fourth-order valence-corrected chi connectivity index (χ4v) is 2.71. The molecule has 3 nitrogen and oxygen atoms in total. The van der Waals surface area contributed by atoms with Crippen LogP contribution < -0.4 is 0 Å². The molecule has 1 amide bonds. The van der Waals surface area contributed by atoms with Gasteiger partial charge < -0.3 is 10.0 Å². The Morgan fingerprint density at radius 3 is 2.71 bits per heavy atom.